The molecule has 0 bridgehead atoms. The number of hydrogen-bond acceptors (Lipinski definition) is 4. The summed E-state index contributed by atoms with van der Waals surface area (Å²) in [5.74, 6) is -1.78. The Labute approximate surface area is 109 Å². The number of rotatable bonds is 4. The molecule has 100 valence electrons. The summed E-state index contributed by atoms with van der Waals surface area (Å²) < 4.78 is 4.84. The van der Waals surface area contributed by atoms with E-state index in [0.717, 1.165) is 0 Å². The van der Waals surface area contributed by atoms with E-state index in [9.17, 15) is 14.4 Å². The standard InChI is InChI=1S/C13H13NO5/c1-8(15)14-12(13(17)18)7-10-3-5-11(6-4-10)19-9(2)16/h3-7H,1-2H3,(H,14,15)(H,17,18)/b12-7+. The zero-order valence-electron chi connectivity index (χ0n) is 10.5. The van der Waals surface area contributed by atoms with Gasteiger partial charge in [-0.05, 0) is 23.8 Å². The molecule has 2 N–H and O–H groups in total. The maximum Gasteiger partial charge on any atom is 0.352 e. The van der Waals surface area contributed by atoms with Gasteiger partial charge in [-0.15, -0.1) is 0 Å². The van der Waals surface area contributed by atoms with E-state index in [0.29, 0.717) is 11.3 Å². The van der Waals surface area contributed by atoms with Gasteiger partial charge in [0, 0.05) is 13.8 Å². The first-order valence-corrected chi connectivity index (χ1v) is 5.39. The minimum atomic E-state index is -1.24. The van der Waals surface area contributed by atoms with Crippen molar-refractivity contribution < 1.29 is 24.2 Å². The number of esters is 1. The highest BCUT2D eigenvalue weighted by Crippen LogP contribution is 2.14. The van der Waals surface area contributed by atoms with Crippen LogP contribution in [0, 0.1) is 0 Å². The van der Waals surface area contributed by atoms with Crippen molar-refractivity contribution >= 4 is 23.9 Å². The molecule has 0 aromatic heterocycles. The highest BCUT2D eigenvalue weighted by atomic mass is 16.5. The fraction of sp³-hybridized carbons (Fsp3) is 0.154. The Bertz CT molecular complexity index is 530. The van der Waals surface area contributed by atoms with E-state index in [4.69, 9.17) is 9.84 Å². The summed E-state index contributed by atoms with van der Waals surface area (Å²) >= 11 is 0. The summed E-state index contributed by atoms with van der Waals surface area (Å²) in [5, 5.41) is 11.1. The summed E-state index contributed by atoms with van der Waals surface area (Å²) in [7, 11) is 0. The number of carbonyl (C=O) groups is 3. The molecule has 0 radical (unpaired) electrons. The van der Waals surface area contributed by atoms with Crippen molar-refractivity contribution in [2.45, 2.75) is 13.8 Å². The number of hydrogen-bond donors (Lipinski definition) is 2. The lowest BCUT2D eigenvalue weighted by molar-refractivity contribution is -0.134. The van der Waals surface area contributed by atoms with Crippen LogP contribution in [0.25, 0.3) is 6.08 Å². The Morgan fingerprint density at radius 2 is 1.74 bits per heavy atom. The third-order valence-corrected chi connectivity index (χ3v) is 1.99. The largest absolute Gasteiger partial charge is 0.477 e. The quantitative estimate of drug-likeness (QED) is 0.483. The molecule has 0 aliphatic heterocycles. The lowest BCUT2D eigenvalue weighted by Gasteiger charge is -2.04. The van der Waals surface area contributed by atoms with Crippen LogP contribution in [0.15, 0.2) is 30.0 Å². The third-order valence-electron chi connectivity index (χ3n) is 1.99. The number of carboxylic acids is 1. The average molecular weight is 263 g/mol. The third kappa shape index (κ3) is 5.03. The average Bonchev–Trinajstić information content (AvgIpc) is 2.29. The number of aliphatic carboxylic acids is 1. The molecular weight excluding hydrogens is 250 g/mol. The summed E-state index contributed by atoms with van der Waals surface area (Å²) in [5.41, 5.74) is 0.329. The molecule has 0 heterocycles. The minimum absolute atomic E-state index is 0.229. The van der Waals surface area contributed by atoms with Crippen LogP contribution in [0.4, 0.5) is 0 Å². The molecule has 6 heteroatoms. The molecule has 1 aromatic carbocycles. The first-order chi connectivity index (χ1) is 8.88. The van der Waals surface area contributed by atoms with E-state index in [2.05, 4.69) is 5.32 Å². The van der Waals surface area contributed by atoms with Gasteiger partial charge in [0.05, 0.1) is 0 Å². The van der Waals surface area contributed by atoms with E-state index in [1.807, 2.05) is 0 Å². The van der Waals surface area contributed by atoms with Gasteiger partial charge in [0.1, 0.15) is 11.4 Å². The van der Waals surface area contributed by atoms with Crippen molar-refractivity contribution in [2.24, 2.45) is 0 Å². The van der Waals surface area contributed by atoms with Crippen LogP contribution in [0.5, 0.6) is 5.75 Å². The molecule has 0 unspecified atom stereocenters. The molecule has 1 amide bonds. The van der Waals surface area contributed by atoms with E-state index in [1.54, 1.807) is 12.1 Å². The molecule has 6 nitrogen and oxygen atoms in total. The number of amides is 1. The molecule has 0 aliphatic rings. The normalized spacial score (nSPS) is 10.7. The SMILES string of the molecule is CC(=O)N/C(=C/c1ccc(OC(C)=O)cc1)C(=O)O. The summed E-state index contributed by atoms with van der Waals surface area (Å²) in [4.78, 5) is 32.5. The van der Waals surface area contributed by atoms with Gasteiger partial charge in [-0.25, -0.2) is 4.79 Å². The number of nitrogens with one attached hydrogen (secondary N) is 1. The van der Waals surface area contributed by atoms with Crippen LogP contribution in [-0.2, 0) is 14.4 Å². The molecule has 1 aromatic rings. The fourth-order valence-electron chi connectivity index (χ4n) is 1.31. The maximum atomic E-state index is 10.9. The van der Waals surface area contributed by atoms with Crippen LogP contribution in [0.1, 0.15) is 19.4 Å². The summed E-state index contributed by atoms with van der Waals surface area (Å²) in [6.45, 7) is 2.51. The van der Waals surface area contributed by atoms with Crippen LogP contribution in [0.3, 0.4) is 0 Å². The molecule has 19 heavy (non-hydrogen) atoms. The van der Waals surface area contributed by atoms with E-state index in [-0.39, 0.29) is 5.70 Å². The Hall–Kier alpha value is -2.63. The minimum Gasteiger partial charge on any atom is -0.477 e. The van der Waals surface area contributed by atoms with E-state index in [1.165, 1.54) is 32.1 Å². The van der Waals surface area contributed by atoms with Crippen molar-refractivity contribution in [3.63, 3.8) is 0 Å². The van der Waals surface area contributed by atoms with Crippen molar-refractivity contribution in [3.05, 3.63) is 35.5 Å². The zero-order valence-corrected chi connectivity index (χ0v) is 10.5. The molecular formula is C13H13NO5. The molecule has 0 spiro atoms. The highest BCUT2D eigenvalue weighted by Gasteiger charge is 2.08. The second-order valence-electron chi connectivity index (χ2n) is 3.71. The number of carbonyl (C=O) groups excluding carboxylic acids is 2. The molecule has 1 rings (SSSR count). The first-order valence-electron chi connectivity index (χ1n) is 5.39. The van der Waals surface area contributed by atoms with Gasteiger partial charge in [-0.2, -0.15) is 0 Å². The molecule has 0 aliphatic carbocycles. The molecule has 0 saturated carbocycles. The molecule has 0 fully saturated rings. The second kappa shape index (κ2) is 6.34. The van der Waals surface area contributed by atoms with Gasteiger partial charge in [0.2, 0.25) is 5.91 Å². The van der Waals surface area contributed by atoms with Crippen molar-refractivity contribution in [3.8, 4) is 5.75 Å². The molecule has 0 saturated heterocycles. The Morgan fingerprint density at radius 1 is 1.16 bits per heavy atom. The predicted octanol–water partition coefficient (Wildman–Crippen LogP) is 1.17. The number of carboxylic acid groups (broad SMARTS) is 1. The topological polar surface area (TPSA) is 92.7 Å². The van der Waals surface area contributed by atoms with Crippen LogP contribution >= 0.6 is 0 Å². The smallest absolute Gasteiger partial charge is 0.352 e. The van der Waals surface area contributed by atoms with Crippen molar-refractivity contribution in [1.82, 2.24) is 5.32 Å². The van der Waals surface area contributed by atoms with Gasteiger partial charge >= 0.3 is 11.9 Å². The van der Waals surface area contributed by atoms with Crippen LogP contribution in [0.2, 0.25) is 0 Å². The van der Waals surface area contributed by atoms with Gasteiger partial charge in [-0.1, -0.05) is 12.1 Å². The lowest BCUT2D eigenvalue weighted by atomic mass is 10.2. The summed E-state index contributed by atoms with van der Waals surface area (Å²) in [6.07, 6.45) is 1.31. The van der Waals surface area contributed by atoms with Gasteiger partial charge in [0.25, 0.3) is 0 Å². The van der Waals surface area contributed by atoms with Gasteiger partial charge in [0.15, 0.2) is 0 Å². The van der Waals surface area contributed by atoms with Crippen molar-refractivity contribution in [2.75, 3.05) is 0 Å². The number of ether oxygens (including phenoxy) is 1. The lowest BCUT2D eigenvalue weighted by Crippen LogP contribution is -2.24. The van der Waals surface area contributed by atoms with Crippen LogP contribution in [-0.4, -0.2) is 23.0 Å². The first kappa shape index (κ1) is 14.4. The highest BCUT2D eigenvalue weighted by molar-refractivity contribution is 5.96. The fourth-order valence-corrected chi connectivity index (χ4v) is 1.31. The second-order valence-corrected chi connectivity index (χ2v) is 3.71. The van der Waals surface area contributed by atoms with E-state index < -0.39 is 17.8 Å². The predicted molar refractivity (Wildman–Crippen MR) is 67.2 cm³/mol. The Morgan fingerprint density at radius 3 is 2.16 bits per heavy atom. The van der Waals surface area contributed by atoms with E-state index >= 15 is 0 Å². The summed E-state index contributed by atoms with van der Waals surface area (Å²) in [6, 6.07) is 6.20. The van der Waals surface area contributed by atoms with Gasteiger partial charge in [-0.3, -0.25) is 9.59 Å². The monoisotopic (exact) mass is 263 g/mol. The Kier molecular flexibility index (Phi) is 4.82. The number of benzene rings is 1. The maximum absolute atomic E-state index is 10.9. The Balaban J connectivity index is 2.92. The van der Waals surface area contributed by atoms with Crippen molar-refractivity contribution in [1.29, 1.82) is 0 Å². The van der Waals surface area contributed by atoms with Gasteiger partial charge < -0.3 is 15.2 Å². The zero-order chi connectivity index (χ0) is 14.4. The van der Waals surface area contributed by atoms with Crippen LogP contribution < -0.4 is 10.1 Å². The molecule has 0 atom stereocenters.